The molecule has 5 aromatic carbocycles. The molecule has 2 amide bonds. The van der Waals surface area contributed by atoms with Gasteiger partial charge in [0, 0.05) is 11.1 Å². The summed E-state index contributed by atoms with van der Waals surface area (Å²) in [6.07, 6.45) is 2.60. The van der Waals surface area contributed by atoms with Gasteiger partial charge in [0.1, 0.15) is 34.4 Å². The number of esters is 1. The predicted molar refractivity (Wildman–Crippen MR) is 245 cm³/mol. The largest absolute Gasteiger partial charge is 0.448 e. The topological polar surface area (TPSA) is 122 Å². The minimum Gasteiger partial charge on any atom is -0.448 e. The first-order chi connectivity index (χ1) is 30.3. The zero-order valence-electron chi connectivity index (χ0n) is 34.4. The second-order valence-electron chi connectivity index (χ2n) is 14.9. The van der Waals surface area contributed by atoms with Crippen molar-refractivity contribution in [1.82, 2.24) is 15.2 Å². The second-order valence-corrected chi connectivity index (χ2v) is 16.9. The van der Waals surface area contributed by atoms with Gasteiger partial charge < -0.3 is 20.2 Å². The number of benzene rings is 5. The summed E-state index contributed by atoms with van der Waals surface area (Å²) in [7, 11) is 0. The summed E-state index contributed by atoms with van der Waals surface area (Å²) >= 11 is 2.78. The molecular weight excluding hydrogens is 815 g/mol. The Hall–Kier alpha value is -6.76. The van der Waals surface area contributed by atoms with E-state index >= 15 is 0 Å². The van der Waals surface area contributed by atoms with Crippen LogP contribution in [0.1, 0.15) is 60.4 Å². The molecule has 6 aromatic rings. The number of ether oxygens (including phenoxy) is 1. The Labute approximate surface area is 369 Å². The first-order valence-corrected chi connectivity index (χ1v) is 22.3. The number of anilines is 1. The summed E-state index contributed by atoms with van der Waals surface area (Å²) in [6, 6.07) is 48.5. The van der Waals surface area contributed by atoms with E-state index in [9.17, 15) is 14.4 Å². The SMILES string of the molecule is CC=CC1=C(C(=O)OC(c2ccccc2)c2ccccc2)N2C(=O)C(NC(=O)C(=NOC(C)C)c3csc(NC(c4ccccc4)(c4ccccc4)c4ccccc4)n3)[C@@H]2SC1. The Morgan fingerprint density at radius 2 is 1.32 bits per heavy atom. The molecule has 1 aromatic heterocycles. The van der Waals surface area contributed by atoms with Crippen LogP contribution in [0.15, 0.2) is 186 Å². The molecule has 8 rings (SSSR count). The minimum atomic E-state index is -0.955. The fraction of sp³-hybridized carbons (Fsp3) is 0.180. The Kier molecular flexibility index (Phi) is 12.8. The summed E-state index contributed by atoms with van der Waals surface area (Å²) in [6.45, 7) is 5.47. The van der Waals surface area contributed by atoms with E-state index in [2.05, 4.69) is 52.2 Å². The third-order valence-corrected chi connectivity index (χ3v) is 12.6. The Bertz CT molecular complexity index is 2470. The number of allylic oxidation sites excluding steroid dienone is 2. The molecule has 1 unspecified atom stereocenters. The fourth-order valence-corrected chi connectivity index (χ4v) is 9.73. The highest BCUT2D eigenvalue weighted by atomic mass is 32.2. The number of hydrogen-bond donors (Lipinski definition) is 2. The molecule has 2 atom stereocenters. The number of nitrogens with one attached hydrogen (secondary N) is 2. The Morgan fingerprint density at radius 1 is 0.806 bits per heavy atom. The van der Waals surface area contributed by atoms with E-state index in [1.165, 1.54) is 28.0 Å². The molecule has 3 heterocycles. The normalized spacial score (nSPS) is 16.6. The van der Waals surface area contributed by atoms with Gasteiger partial charge in [0.2, 0.25) is 0 Å². The quantitative estimate of drug-likeness (QED) is 0.0345. The first-order valence-electron chi connectivity index (χ1n) is 20.3. The van der Waals surface area contributed by atoms with Gasteiger partial charge in [-0.3, -0.25) is 14.5 Å². The van der Waals surface area contributed by atoms with Crippen LogP contribution in [0.5, 0.6) is 0 Å². The third-order valence-electron chi connectivity index (χ3n) is 10.5. The van der Waals surface area contributed by atoms with Gasteiger partial charge in [-0.15, -0.1) is 23.1 Å². The number of oxime groups is 1. The summed E-state index contributed by atoms with van der Waals surface area (Å²) in [4.78, 5) is 54.7. The monoisotopic (exact) mass is 859 g/mol. The standard InChI is InChI=1S/C50H45N5O5S2/c1-4-20-36-31-61-47-42(46(57)55(47)43(36)48(58)59-44(34-21-10-5-11-22-34)35-23-12-6-13-24-35)52-45(56)41(54-60-33(2)3)40-32-62-49(51-40)53-50(37-25-14-7-15-26-37,38-27-16-8-17-28-38)39-29-18-9-19-30-39/h4-30,32-33,42,44,47H,31H2,1-3H3,(H,51,53)(H,52,56)/t42?,47-/m0/s1. The van der Waals surface area contributed by atoms with Gasteiger partial charge >= 0.3 is 5.97 Å². The van der Waals surface area contributed by atoms with E-state index in [1.54, 1.807) is 5.38 Å². The number of thioether (sulfide) groups is 1. The average Bonchev–Trinajstić information content (AvgIpc) is 3.78. The summed E-state index contributed by atoms with van der Waals surface area (Å²) in [5, 5.41) is 12.7. The van der Waals surface area contributed by atoms with Crippen LogP contribution in [0, 0.1) is 0 Å². The maximum Gasteiger partial charge on any atom is 0.356 e. The van der Waals surface area contributed by atoms with E-state index in [-0.39, 0.29) is 23.2 Å². The summed E-state index contributed by atoms with van der Waals surface area (Å²) < 4.78 is 6.26. The number of thiazole rings is 1. The zero-order valence-corrected chi connectivity index (χ0v) is 36.0. The number of carbonyl (C=O) groups is 3. The molecule has 12 heteroatoms. The smallest absolute Gasteiger partial charge is 0.356 e. The summed E-state index contributed by atoms with van der Waals surface area (Å²) in [5.74, 6) is -1.29. The van der Waals surface area contributed by atoms with Crippen LogP contribution in [0.25, 0.3) is 0 Å². The Morgan fingerprint density at radius 3 is 1.82 bits per heavy atom. The van der Waals surface area contributed by atoms with Gasteiger partial charge in [0.15, 0.2) is 16.9 Å². The maximum absolute atomic E-state index is 14.3. The molecule has 2 aliphatic heterocycles. The minimum absolute atomic E-state index is 0.0851. The molecule has 10 nitrogen and oxygen atoms in total. The lowest BCUT2D eigenvalue weighted by atomic mass is 9.77. The highest BCUT2D eigenvalue weighted by Gasteiger charge is 2.55. The lowest BCUT2D eigenvalue weighted by molar-refractivity contribution is -0.154. The molecule has 0 radical (unpaired) electrons. The van der Waals surface area contributed by atoms with Crippen molar-refractivity contribution < 1.29 is 24.0 Å². The summed E-state index contributed by atoms with van der Waals surface area (Å²) in [5.41, 5.74) is 4.71. The van der Waals surface area contributed by atoms with Crippen LogP contribution in [0.4, 0.5) is 5.13 Å². The van der Waals surface area contributed by atoms with Gasteiger partial charge in [-0.05, 0) is 54.2 Å². The van der Waals surface area contributed by atoms with Crippen LogP contribution in [0.2, 0.25) is 0 Å². The number of rotatable bonds is 15. The van der Waals surface area contributed by atoms with Gasteiger partial charge in [0.05, 0.1) is 0 Å². The number of hydrogen-bond acceptors (Lipinski definition) is 10. The lowest BCUT2D eigenvalue weighted by Crippen LogP contribution is -2.71. The van der Waals surface area contributed by atoms with E-state index in [0.717, 1.165) is 27.8 Å². The van der Waals surface area contributed by atoms with Crippen LogP contribution in [-0.4, -0.2) is 56.7 Å². The maximum atomic E-state index is 14.3. The number of carbonyl (C=O) groups excluding carboxylic acids is 3. The molecule has 312 valence electrons. The number of nitrogens with zero attached hydrogens (tertiary/aromatic N) is 3. The molecule has 1 saturated heterocycles. The van der Waals surface area contributed by atoms with Crippen LogP contribution >= 0.6 is 23.1 Å². The molecule has 0 aliphatic carbocycles. The van der Waals surface area contributed by atoms with Gasteiger partial charge in [-0.25, -0.2) is 9.78 Å². The molecule has 0 saturated carbocycles. The third kappa shape index (κ3) is 8.57. The number of aromatic nitrogens is 1. The van der Waals surface area contributed by atoms with Crippen molar-refractivity contribution in [3.8, 4) is 0 Å². The highest BCUT2D eigenvalue weighted by molar-refractivity contribution is 8.00. The zero-order chi connectivity index (χ0) is 43.1. The van der Waals surface area contributed by atoms with Crippen LogP contribution < -0.4 is 10.6 Å². The van der Waals surface area contributed by atoms with E-state index in [1.807, 2.05) is 148 Å². The first kappa shape index (κ1) is 42.0. The molecular formula is C50H45N5O5S2. The highest BCUT2D eigenvalue weighted by Crippen LogP contribution is 2.43. The van der Waals surface area contributed by atoms with Crippen LogP contribution in [-0.2, 0) is 29.5 Å². The van der Waals surface area contributed by atoms with Gasteiger partial charge in [0.25, 0.3) is 11.8 Å². The number of amides is 2. The van der Waals surface area contributed by atoms with E-state index in [0.29, 0.717) is 16.5 Å². The van der Waals surface area contributed by atoms with E-state index < -0.39 is 40.8 Å². The van der Waals surface area contributed by atoms with Crippen molar-refractivity contribution in [2.45, 2.75) is 49.9 Å². The van der Waals surface area contributed by atoms with Crippen LogP contribution in [0.3, 0.4) is 0 Å². The second kappa shape index (κ2) is 18.9. The van der Waals surface area contributed by atoms with Crippen molar-refractivity contribution in [3.63, 3.8) is 0 Å². The van der Waals surface area contributed by atoms with Crippen molar-refractivity contribution in [2.75, 3.05) is 11.1 Å². The number of fused-ring (bicyclic) bond motifs is 1. The van der Waals surface area contributed by atoms with Crippen molar-refractivity contribution >= 4 is 51.7 Å². The molecule has 0 spiro atoms. The Balaban J connectivity index is 1.06. The van der Waals surface area contributed by atoms with Crippen molar-refractivity contribution in [3.05, 3.63) is 214 Å². The molecule has 62 heavy (non-hydrogen) atoms. The average molecular weight is 860 g/mol. The van der Waals surface area contributed by atoms with Crippen molar-refractivity contribution in [1.29, 1.82) is 0 Å². The van der Waals surface area contributed by atoms with Gasteiger partial charge in [-0.1, -0.05) is 169 Å². The lowest BCUT2D eigenvalue weighted by Gasteiger charge is -2.49. The number of β-lactam (4-membered cyclic amide) rings is 1. The molecule has 1 fully saturated rings. The van der Waals surface area contributed by atoms with E-state index in [4.69, 9.17) is 14.6 Å². The predicted octanol–water partition coefficient (Wildman–Crippen LogP) is 9.24. The van der Waals surface area contributed by atoms with Gasteiger partial charge in [-0.2, -0.15) is 0 Å². The molecule has 0 bridgehead atoms. The molecule has 2 aliphatic rings. The fourth-order valence-electron chi connectivity index (χ4n) is 7.66. The van der Waals surface area contributed by atoms with Crippen molar-refractivity contribution in [2.24, 2.45) is 5.16 Å². The molecule has 2 N–H and O–H groups in total.